The van der Waals surface area contributed by atoms with E-state index in [1.165, 1.54) is 9.80 Å². The first-order chi connectivity index (χ1) is 10.6. The summed E-state index contributed by atoms with van der Waals surface area (Å²) in [6.45, 7) is 0.752. The van der Waals surface area contributed by atoms with Crippen LogP contribution in [0.25, 0.3) is 10.9 Å². The molecule has 2 atom stereocenters. The number of piperidine rings is 1. The number of hydrogen-bond acceptors (Lipinski definition) is 3. The van der Waals surface area contributed by atoms with Crippen LogP contribution in [-0.2, 0) is 11.3 Å². The molecule has 2 saturated heterocycles. The average molecular weight is 299 g/mol. The van der Waals surface area contributed by atoms with Crippen LogP contribution >= 0.6 is 0 Å². The molecule has 1 aromatic heterocycles. The van der Waals surface area contributed by atoms with Gasteiger partial charge in [0.15, 0.2) is 0 Å². The number of fused-ring (bicyclic) bond motifs is 2. The van der Waals surface area contributed by atoms with E-state index in [4.69, 9.17) is 0 Å². The predicted octanol–water partition coefficient (Wildman–Crippen LogP) is 1.46. The van der Waals surface area contributed by atoms with Crippen LogP contribution in [0.2, 0.25) is 0 Å². The first kappa shape index (κ1) is 13.3. The zero-order valence-corrected chi connectivity index (χ0v) is 12.0. The molecule has 0 spiro atoms. The highest BCUT2D eigenvalue weighted by molar-refractivity contribution is 6.04. The predicted molar refractivity (Wildman–Crippen MR) is 80.0 cm³/mol. The van der Waals surface area contributed by atoms with E-state index >= 15 is 0 Å². The second kappa shape index (κ2) is 4.84. The number of urea groups is 1. The number of carbonyl (C=O) groups is 2. The number of para-hydroxylation sites is 1. The first-order valence-corrected chi connectivity index (χ1v) is 7.52. The molecule has 2 aromatic rings. The lowest BCUT2D eigenvalue weighted by molar-refractivity contribution is -0.132. The second-order valence-electron chi connectivity index (χ2n) is 5.94. The molecule has 1 aromatic carbocycles. The highest BCUT2D eigenvalue weighted by Gasteiger charge is 2.49. The van der Waals surface area contributed by atoms with E-state index in [1.807, 2.05) is 30.3 Å². The van der Waals surface area contributed by atoms with Crippen LogP contribution in [0.4, 0.5) is 4.79 Å². The Morgan fingerprint density at radius 3 is 2.86 bits per heavy atom. The van der Waals surface area contributed by atoms with E-state index in [0.29, 0.717) is 13.0 Å². The Kier molecular flexibility index (Phi) is 2.94. The number of benzene rings is 1. The van der Waals surface area contributed by atoms with Crippen molar-refractivity contribution in [3.63, 3.8) is 0 Å². The quantitative estimate of drug-likeness (QED) is 0.824. The molecule has 0 saturated carbocycles. The van der Waals surface area contributed by atoms with Gasteiger partial charge in [-0.3, -0.25) is 9.69 Å². The van der Waals surface area contributed by atoms with Gasteiger partial charge in [-0.25, -0.2) is 4.79 Å². The number of carbonyl (C=O) groups excluding carboxylic acids is 2. The van der Waals surface area contributed by atoms with E-state index in [2.05, 4.69) is 4.98 Å². The van der Waals surface area contributed by atoms with Gasteiger partial charge in [-0.05, 0) is 30.4 Å². The maximum atomic E-state index is 12.5. The van der Waals surface area contributed by atoms with E-state index < -0.39 is 12.1 Å². The van der Waals surface area contributed by atoms with Crippen molar-refractivity contribution in [3.8, 4) is 0 Å². The molecule has 2 aliphatic heterocycles. The molecule has 22 heavy (non-hydrogen) atoms. The summed E-state index contributed by atoms with van der Waals surface area (Å²) in [4.78, 5) is 30.9. The van der Waals surface area contributed by atoms with Gasteiger partial charge in [-0.2, -0.15) is 0 Å². The number of nitrogens with one attached hydrogen (secondary N) is 1. The topological polar surface area (TPSA) is 76.6 Å². The van der Waals surface area contributed by atoms with E-state index in [1.54, 1.807) is 0 Å². The summed E-state index contributed by atoms with van der Waals surface area (Å²) in [5, 5.41) is 11.1. The normalized spacial score (nSPS) is 25.1. The maximum Gasteiger partial charge on any atom is 0.327 e. The van der Waals surface area contributed by atoms with Crippen molar-refractivity contribution in [1.82, 2.24) is 14.8 Å². The average Bonchev–Trinajstić information content (AvgIpc) is 3.03. The largest absolute Gasteiger partial charge is 0.390 e. The summed E-state index contributed by atoms with van der Waals surface area (Å²) in [6.07, 6.45) is 0.551. The van der Waals surface area contributed by atoms with Gasteiger partial charge in [-0.15, -0.1) is 0 Å². The van der Waals surface area contributed by atoms with Crippen LogP contribution in [0.15, 0.2) is 30.3 Å². The highest BCUT2D eigenvalue weighted by atomic mass is 16.3. The fourth-order valence-electron chi connectivity index (χ4n) is 3.43. The van der Waals surface area contributed by atoms with Gasteiger partial charge in [0.25, 0.3) is 5.91 Å². The number of aliphatic hydroxyl groups excluding tert-OH is 1. The molecular weight excluding hydrogens is 282 g/mol. The number of aromatic amines is 1. The van der Waals surface area contributed by atoms with Crippen molar-refractivity contribution in [2.45, 2.75) is 31.5 Å². The van der Waals surface area contributed by atoms with Gasteiger partial charge in [0.05, 0.1) is 12.6 Å². The Hall–Kier alpha value is -2.34. The van der Waals surface area contributed by atoms with Crippen LogP contribution in [-0.4, -0.2) is 50.5 Å². The number of H-pyrrole nitrogens is 1. The minimum Gasteiger partial charge on any atom is -0.390 e. The molecule has 2 aliphatic rings. The summed E-state index contributed by atoms with van der Waals surface area (Å²) in [7, 11) is 0. The smallest absolute Gasteiger partial charge is 0.327 e. The third-order valence-electron chi connectivity index (χ3n) is 4.51. The van der Waals surface area contributed by atoms with Crippen molar-refractivity contribution >= 4 is 22.8 Å². The summed E-state index contributed by atoms with van der Waals surface area (Å²) in [5.74, 6) is -0.296. The fraction of sp³-hybridized carbons (Fsp3) is 0.375. The number of aliphatic hydroxyl groups is 1. The zero-order valence-electron chi connectivity index (χ0n) is 12.0. The molecule has 6 nitrogen and oxygen atoms in total. The van der Waals surface area contributed by atoms with Crippen molar-refractivity contribution in [3.05, 3.63) is 36.0 Å². The standard InChI is InChI=1S/C16H17N3O3/c20-13-6-3-7-18-14(13)15(21)19(16(18)22)9-11-8-10-4-1-2-5-12(10)17-11/h1-2,4-5,8,13-14,17,20H,3,6-7,9H2. The third-order valence-corrected chi connectivity index (χ3v) is 4.51. The Labute approximate surface area is 127 Å². The Bertz CT molecular complexity index is 721. The lowest BCUT2D eigenvalue weighted by Crippen LogP contribution is -2.48. The van der Waals surface area contributed by atoms with Crippen molar-refractivity contribution in [2.75, 3.05) is 6.54 Å². The molecule has 2 fully saturated rings. The fourth-order valence-corrected chi connectivity index (χ4v) is 3.43. The van der Waals surface area contributed by atoms with Gasteiger partial charge in [0.1, 0.15) is 6.04 Å². The third kappa shape index (κ3) is 1.91. The number of rotatable bonds is 2. The van der Waals surface area contributed by atoms with Crippen LogP contribution in [0.1, 0.15) is 18.5 Å². The molecule has 114 valence electrons. The SMILES string of the molecule is O=C1C2C(O)CCCN2C(=O)N1Cc1cc2ccccc2[nH]1. The molecule has 3 amide bonds. The highest BCUT2D eigenvalue weighted by Crippen LogP contribution is 2.28. The van der Waals surface area contributed by atoms with Crippen LogP contribution in [0.3, 0.4) is 0 Å². The van der Waals surface area contributed by atoms with Crippen LogP contribution < -0.4 is 0 Å². The summed E-state index contributed by atoms with van der Waals surface area (Å²) < 4.78 is 0. The zero-order chi connectivity index (χ0) is 15.3. The molecule has 3 heterocycles. The molecule has 2 N–H and O–H groups in total. The molecule has 0 bridgehead atoms. The number of aromatic nitrogens is 1. The maximum absolute atomic E-state index is 12.5. The number of nitrogens with zero attached hydrogens (tertiary/aromatic N) is 2. The number of amides is 3. The molecule has 4 rings (SSSR count). The minimum atomic E-state index is -0.752. The van der Waals surface area contributed by atoms with Crippen molar-refractivity contribution < 1.29 is 14.7 Å². The van der Waals surface area contributed by atoms with Gasteiger partial charge in [-0.1, -0.05) is 18.2 Å². The Morgan fingerprint density at radius 2 is 2.09 bits per heavy atom. The monoisotopic (exact) mass is 299 g/mol. The van der Waals surface area contributed by atoms with Gasteiger partial charge >= 0.3 is 6.03 Å². The minimum absolute atomic E-state index is 0.214. The Morgan fingerprint density at radius 1 is 1.27 bits per heavy atom. The van der Waals surface area contributed by atoms with E-state index in [-0.39, 0.29) is 18.5 Å². The molecular formula is C16H17N3O3. The number of imide groups is 1. The van der Waals surface area contributed by atoms with Gasteiger partial charge in [0.2, 0.25) is 0 Å². The summed E-state index contributed by atoms with van der Waals surface area (Å²) in [5.41, 5.74) is 1.80. The lowest BCUT2D eigenvalue weighted by Gasteiger charge is -2.30. The van der Waals surface area contributed by atoms with Crippen molar-refractivity contribution in [1.29, 1.82) is 0 Å². The van der Waals surface area contributed by atoms with Crippen LogP contribution in [0, 0.1) is 0 Å². The number of hydrogen-bond donors (Lipinski definition) is 2. The second-order valence-corrected chi connectivity index (χ2v) is 5.94. The molecule has 6 heteroatoms. The molecule has 0 aliphatic carbocycles. The summed E-state index contributed by atoms with van der Waals surface area (Å²) >= 11 is 0. The van der Waals surface area contributed by atoms with Gasteiger partial charge < -0.3 is 15.0 Å². The van der Waals surface area contributed by atoms with E-state index in [9.17, 15) is 14.7 Å². The summed E-state index contributed by atoms with van der Waals surface area (Å²) in [6, 6.07) is 8.77. The first-order valence-electron chi connectivity index (χ1n) is 7.52. The lowest BCUT2D eigenvalue weighted by atomic mass is 10.00. The molecule has 0 radical (unpaired) electrons. The molecule has 2 unspecified atom stereocenters. The Balaban J connectivity index is 1.62. The van der Waals surface area contributed by atoms with E-state index in [0.717, 1.165) is 23.0 Å². The van der Waals surface area contributed by atoms with Crippen LogP contribution in [0.5, 0.6) is 0 Å². The van der Waals surface area contributed by atoms with Gasteiger partial charge in [0, 0.05) is 17.8 Å². The van der Waals surface area contributed by atoms with Crippen molar-refractivity contribution in [2.24, 2.45) is 0 Å².